The quantitative estimate of drug-likeness (QED) is 0.0950. The fraction of sp³-hybridized carbons (Fsp3) is 0.487. The summed E-state index contributed by atoms with van der Waals surface area (Å²) in [4.78, 5) is 31.7. The Morgan fingerprint density at radius 2 is 1.00 bits per heavy atom. The smallest absolute Gasteiger partial charge is 0.310 e. The third kappa shape index (κ3) is 11.8. The van der Waals surface area contributed by atoms with Gasteiger partial charge in [-0.2, -0.15) is 8.42 Å². The van der Waals surface area contributed by atoms with Gasteiger partial charge in [0.2, 0.25) is 0 Å². The number of ether oxygens (including phenoxy) is 2. The first-order valence-electron chi connectivity index (χ1n) is 17.5. The van der Waals surface area contributed by atoms with Crippen LogP contribution in [0.5, 0.6) is 0 Å². The van der Waals surface area contributed by atoms with Crippen LogP contribution in [0.3, 0.4) is 0 Å². The SMILES string of the molecule is CCN(CC)CCCOC(=O)C1C(c2ccccc2)C(C(=O)OCCCN(CC)CC)C1c1ccccc1.Cc1ccc(S(=O)(=O)O)cc1. The molecule has 0 aromatic heterocycles. The number of hydrogen-bond donors (Lipinski definition) is 1. The van der Waals surface area contributed by atoms with E-state index in [0.29, 0.717) is 13.2 Å². The molecular formula is C39H54N2O7S. The van der Waals surface area contributed by atoms with Crippen molar-refractivity contribution in [1.29, 1.82) is 0 Å². The average molecular weight is 695 g/mol. The molecule has 1 aliphatic carbocycles. The molecule has 0 spiro atoms. The molecule has 0 heterocycles. The lowest BCUT2D eigenvalue weighted by molar-refractivity contribution is -0.167. The van der Waals surface area contributed by atoms with Gasteiger partial charge in [-0.05, 0) is 69.2 Å². The molecule has 3 aromatic carbocycles. The van der Waals surface area contributed by atoms with Crippen LogP contribution in [0, 0.1) is 18.8 Å². The summed E-state index contributed by atoms with van der Waals surface area (Å²) in [5.41, 5.74) is 2.92. The van der Waals surface area contributed by atoms with E-state index in [2.05, 4.69) is 37.5 Å². The van der Waals surface area contributed by atoms with Gasteiger partial charge in [-0.3, -0.25) is 14.1 Å². The number of carbonyl (C=O) groups excluding carboxylic acids is 2. The number of hydrogen-bond acceptors (Lipinski definition) is 8. The van der Waals surface area contributed by atoms with Crippen molar-refractivity contribution >= 4 is 22.1 Å². The van der Waals surface area contributed by atoms with Crippen LogP contribution in [0.25, 0.3) is 0 Å². The minimum atomic E-state index is -4.02. The lowest BCUT2D eigenvalue weighted by atomic mass is 9.52. The van der Waals surface area contributed by atoms with Gasteiger partial charge < -0.3 is 19.3 Å². The molecule has 0 saturated heterocycles. The Kier molecular flexibility index (Phi) is 16.4. The van der Waals surface area contributed by atoms with E-state index in [4.69, 9.17) is 14.0 Å². The van der Waals surface area contributed by atoms with Gasteiger partial charge in [0.15, 0.2) is 0 Å². The second-order valence-corrected chi connectivity index (χ2v) is 13.7. The Morgan fingerprint density at radius 1 is 0.633 bits per heavy atom. The van der Waals surface area contributed by atoms with Crippen molar-refractivity contribution in [3.05, 3.63) is 102 Å². The maximum Gasteiger partial charge on any atom is 0.310 e. The van der Waals surface area contributed by atoms with Crippen molar-refractivity contribution in [3.8, 4) is 0 Å². The summed E-state index contributed by atoms with van der Waals surface area (Å²) in [6, 6.07) is 25.8. The van der Waals surface area contributed by atoms with Crippen molar-refractivity contribution in [2.75, 3.05) is 52.5 Å². The molecule has 268 valence electrons. The summed E-state index contributed by atoms with van der Waals surface area (Å²) in [7, 11) is -4.02. The molecule has 1 N–H and O–H groups in total. The van der Waals surface area contributed by atoms with Gasteiger partial charge in [0.1, 0.15) is 0 Å². The minimum Gasteiger partial charge on any atom is -0.465 e. The van der Waals surface area contributed by atoms with Gasteiger partial charge in [-0.1, -0.05) is 106 Å². The monoisotopic (exact) mass is 694 g/mol. The van der Waals surface area contributed by atoms with Gasteiger partial charge in [0, 0.05) is 24.9 Å². The van der Waals surface area contributed by atoms with Gasteiger partial charge in [0.25, 0.3) is 10.1 Å². The average Bonchev–Trinajstić information content (AvgIpc) is 3.09. The fourth-order valence-electron chi connectivity index (χ4n) is 6.42. The molecule has 0 aliphatic heterocycles. The van der Waals surface area contributed by atoms with Crippen LogP contribution in [0.1, 0.15) is 69.1 Å². The predicted octanol–water partition coefficient (Wildman–Crippen LogP) is 6.59. The van der Waals surface area contributed by atoms with E-state index in [-0.39, 0.29) is 28.7 Å². The zero-order chi connectivity index (χ0) is 35.8. The van der Waals surface area contributed by atoms with E-state index in [9.17, 15) is 18.0 Å². The second kappa shape index (κ2) is 20.2. The van der Waals surface area contributed by atoms with Crippen molar-refractivity contribution in [2.24, 2.45) is 11.8 Å². The Bertz CT molecular complexity index is 1420. The first-order chi connectivity index (χ1) is 23.5. The summed E-state index contributed by atoms with van der Waals surface area (Å²) in [6.07, 6.45) is 1.59. The zero-order valence-electron chi connectivity index (χ0n) is 29.7. The van der Waals surface area contributed by atoms with E-state index in [1.165, 1.54) is 12.1 Å². The van der Waals surface area contributed by atoms with E-state index in [0.717, 1.165) is 68.8 Å². The molecule has 0 unspecified atom stereocenters. The first-order valence-corrected chi connectivity index (χ1v) is 18.9. The summed E-state index contributed by atoms with van der Waals surface area (Å²) < 4.78 is 41.2. The summed E-state index contributed by atoms with van der Waals surface area (Å²) >= 11 is 0. The number of nitrogens with zero attached hydrogens (tertiary/aromatic N) is 2. The first kappa shape index (κ1) is 39.9. The van der Waals surface area contributed by atoms with Crippen LogP contribution < -0.4 is 0 Å². The molecule has 1 aliphatic rings. The largest absolute Gasteiger partial charge is 0.465 e. The molecule has 1 saturated carbocycles. The molecule has 0 bridgehead atoms. The molecule has 3 aromatic rings. The van der Waals surface area contributed by atoms with E-state index < -0.39 is 22.0 Å². The maximum atomic E-state index is 13.6. The van der Waals surface area contributed by atoms with Crippen LogP contribution in [0.2, 0.25) is 0 Å². The summed E-state index contributed by atoms with van der Waals surface area (Å²) in [5, 5.41) is 0. The second-order valence-electron chi connectivity index (χ2n) is 12.3. The Labute approximate surface area is 293 Å². The van der Waals surface area contributed by atoms with E-state index >= 15 is 0 Å². The summed E-state index contributed by atoms with van der Waals surface area (Å²) in [6.45, 7) is 16.9. The van der Waals surface area contributed by atoms with Crippen LogP contribution in [-0.2, 0) is 29.2 Å². The lowest BCUT2D eigenvalue weighted by Crippen LogP contribution is -2.52. The third-order valence-electron chi connectivity index (χ3n) is 9.29. The molecule has 4 rings (SSSR count). The topological polar surface area (TPSA) is 113 Å². The minimum absolute atomic E-state index is 0.0666. The maximum absolute atomic E-state index is 13.6. The normalized spacial score (nSPS) is 18.7. The Balaban J connectivity index is 0.000000501. The lowest BCUT2D eigenvalue weighted by Gasteiger charge is -2.49. The Morgan fingerprint density at radius 3 is 1.33 bits per heavy atom. The van der Waals surface area contributed by atoms with Crippen molar-refractivity contribution in [1.82, 2.24) is 9.80 Å². The molecule has 0 atom stereocenters. The predicted molar refractivity (Wildman–Crippen MR) is 193 cm³/mol. The van der Waals surface area contributed by atoms with E-state index in [1.807, 2.05) is 67.6 Å². The highest BCUT2D eigenvalue weighted by Gasteiger charge is 2.59. The molecule has 10 heteroatoms. The molecule has 9 nitrogen and oxygen atoms in total. The van der Waals surface area contributed by atoms with Crippen molar-refractivity contribution in [2.45, 2.75) is 64.2 Å². The van der Waals surface area contributed by atoms with Crippen molar-refractivity contribution < 1.29 is 32.0 Å². The van der Waals surface area contributed by atoms with Gasteiger partial charge in [-0.15, -0.1) is 0 Å². The van der Waals surface area contributed by atoms with Gasteiger partial charge in [-0.25, -0.2) is 0 Å². The van der Waals surface area contributed by atoms with Crippen LogP contribution in [0.15, 0.2) is 89.8 Å². The molecule has 1 fully saturated rings. The van der Waals surface area contributed by atoms with Crippen molar-refractivity contribution in [3.63, 3.8) is 0 Å². The molecular weight excluding hydrogens is 641 g/mol. The highest BCUT2D eigenvalue weighted by Crippen LogP contribution is 2.58. The standard InChI is InChI=1S/C32H46N2O4.C7H8O3S/c1-5-33(6-2)21-15-23-37-31(35)29-27(25-17-11-9-12-18-25)30(28(29)26-19-13-10-14-20-26)32(36)38-24-16-22-34(7-3)8-4;1-6-2-4-7(5-3-6)11(8,9)10/h9-14,17-20,27-30H,5-8,15-16,21-24H2,1-4H3;2-5H,1H3,(H,8,9,10). The zero-order valence-corrected chi connectivity index (χ0v) is 30.5. The molecule has 49 heavy (non-hydrogen) atoms. The number of aryl methyl sites for hydroxylation is 1. The highest BCUT2D eigenvalue weighted by molar-refractivity contribution is 7.85. The number of benzene rings is 3. The van der Waals surface area contributed by atoms with Crippen LogP contribution in [-0.4, -0.2) is 87.2 Å². The Hall–Kier alpha value is -3.57. The van der Waals surface area contributed by atoms with Gasteiger partial charge in [0.05, 0.1) is 29.9 Å². The van der Waals surface area contributed by atoms with Crippen LogP contribution >= 0.6 is 0 Å². The molecule has 0 amide bonds. The third-order valence-corrected chi connectivity index (χ3v) is 10.2. The molecule has 0 radical (unpaired) electrons. The number of rotatable bonds is 17. The van der Waals surface area contributed by atoms with Crippen LogP contribution in [0.4, 0.5) is 0 Å². The highest BCUT2D eigenvalue weighted by atomic mass is 32.2. The number of esters is 2. The van der Waals surface area contributed by atoms with E-state index in [1.54, 1.807) is 12.1 Å². The number of carbonyl (C=O) groups is 2. The van der Waals surface area contributed by atoms with Gasteiger partial charge >= 0.3 is 11.9 Å². The fourth-order valence-corrected chi connectivity index (χ4v) is 6.90. The summed E-state index contributed by atoms with van der Waals surface area (Å²) in [5.74, 6) is -1.85.